The highest BCUT2D eigenvalue weighted by Gasteiger charge is 2.11. The van der Waals surface area contributed by atoms with Crippen molar-refractivity contribution in [3.8, 4) is 5.75 Å². The van der Waals surface area contributed by atoms with Crippen LogP contribution in [0.2, 0.25) is 0 Å². The molecule has 0 aliphatic rings. The van der Waals surface area contributed by atoms with Gasteiger partial charge in [-0.2, -0.15) is 0 Å². The summed E-state index contributed by atoms with van der Waals surface area (Å²) in [5.74, 6) is -2.17. The van der Waals surface area contributed by atoms with E-state index in [0.717, 1.165) is 23.5 Å². The number of thiophene rings is 1. The van der Waals surface area contributed by atoms with Gasteiger partial charge in [-0.15, -0.1) is 11.3 Å². The number of carbonyl (C=O) groups is 1. The Morgan fingerprint density at radius 2 is 2.00 bits per heavy atom. The number of benzene rings is 1. The van der Waals surface area contributed by atoms with Crippen LogP contribution < -0.4 is 4.74 Å². The van der Waals surface area contributed by atoms with Gasteiger partial charge in [0, 0.05) is 11.4 Å². The Morgan fingerprint density at radius 3 is 2.56 bits per heavy atom. The van der Waals surface area contributed by atoms with Crippen LogP contribution in [0, 0.1) is 11.6 Å². The van der Waals surface area contributed by atoms with Crippen LogP contribution in [0.15, 0.2) is 29.6 Å². The molecule has 3 nitrogen and oxygen atoms in total. The van der Waals surface area contributed by atoms with Gasteiger partial charge in [0.1, 0.15) is 28.9 Å². The monoisotopic (exact) mass is 270 g/mol. The van der Waals surface area contributed by atoms with Gasteiger partial charge in [0.25, 0.3) is 0 Å². The highest BCUT2D eigenvalue weighted by Crippen LogP contribution is 2.23. The summed E-state index contributed by atoms with van der Waals surface area (Å²) in [5, 5.41) is 10.2. The Labute approximate surface area is 105 Å². The van der Waals surface area contributed by atoms with Gasteiger partial charge < -0.3 is 9.84 Å². The second kappa shape index (κ2) is 5.14. The summed E-state index contributed by atoms with van der Waals surface area (Å²) in [6.07, 6.45) is 0. The van der Waals surface area contributed by atoms with Crippen LogP contribution in [0.5, 0.6) is 5.75 Å². The summed E-state index contributed by atoms with van der Waals surface area (Å²) >= 11 is 0.989. The summed E-state index contributed by atoms with van der Waals surface area (Å²) in [4.78, 5) is 10.7. The number of hydrogen-bond acceptors (Lipinski definition) is 3. The fourth-order valence-corrected chi connectivity index (χ4v) is 2.00. The van der Waals surface area contributed by atoms with E-state index in [1.165, 1.54) is 17.5 Å². The Kier molecular flexibility index (Phi) is 3.57. The molecule has 1 aromatic carbocycles. The minimum Gasteiger partial charge on any atom is -0.488 e. The first-order chi connectivity index (χ1) is 8.58. The van der Waals surface area contributed by atoms with E-state index in [1.54, 1.807) is 0 Å². The zero-order valence-corrected chi connectivity index (χ0v) is 9.84. The fourth-order valence-electron chi connectivity index (χ4n) is 1.33. The number of carboxylic acids is 1. The Hall–Kier alpha value is -1.95. The van der Waals surface area contributed by atoms with E-state index in [9.17, 15) is 13.6 Å². The van der Waals surface area contributed by atoms with Crippen molar-refractivity contribution in [3.05, 3.63) is 51.7 Å². The molecule has 6 heteroatoms. The van der Waals surface area contributed by atoms with Gasteiger partial charge in [0.15, 0.2) is 0 Å². The van der Waals surface area contributed by atoms with Crippen molar-refractivity contribution < 1.29 is 23.4 Å². The Bertz CT molecular complexity index is 560. The number of aromatic carboxylic acids is 1. The third-order valence-electron chi connectivity index (χ3n) is 2.23. The van der Waals surface area contributed by atoms with Crippen LogP contribution in [0.3, 0.4) is 0 Å². The molecule has 2 rings (SSSR count). The van der Waals surface area contributed by atoms with E-state index in [1.807, 2.05) is 0 Å². The van der Waals surface area contributed by atoms with Crippen LogP contribution in [0.4, 0.5) is 8.78 Å². The highest BCUT2D eigenvalue weighted by molar-refractivity contribution is 7.12. The third-order valence-corrected chi connectivity index (χ3v) is 3.13. The van der Waals surface area contributed by atoms with Crippen molar-refractivity contribution in [2.75, 3.05) is 0 Å². The fraction of sp³-hybridized carbons (Fsp3) is 0.0833. The highest BCUT2D eigenvalue weighted by atomic mass is 32.1. The van der Waals surface area contributed by atoms with Crippen molar-refractivity contribution in [2.45, 2.75) is 6.61 Å². The summed E-state index contributed by atoms with van der Waals surface area (Å²) in [7, 11) is 0. The standard InChI is InChI=1S/C12H8F2O3S/c13-9-2-1-3-10(14)8(9)5-17-7-4-11(12(15)16)18-6-7/h1-4,6H,5H2,(H,15,16). The number of ether oxygens (including phenoxy) is 1. The summed E-state index contributed by atoms with van der Waals surface area (Å²) < 4.78 is 31.7. The molecule has 18 heavy (non-hydrogen) atoms. The van der Waals surface area contributed by atoms with Gasteiger partial charge in [0.2, 0.25) is 0 Å². The van der Waals surface area contributed by atoms with Crippen LogP contribution in [0.25, 0.3) is 0 Å². The predicted octanol–water partition coefficient (Wildman–Crippen LogP) is 3.30. The molecule has 1 N–H and O–H groups in total. The average molecular weight is 270 g/mol. The maximum Gasteiger partial charge on any atom is 0.346 e. The summed E-state index contributed by atoms with van der Waals surface area (Å²) in [6, 6.07) is 4.85. The Balaban J connectivity index is 2.09. The van der Waals surface area contributed by atoms with Crippen molar-refractivity contribution in [3.63, 3.8) is 0 Å². The second-order valence-corrected chi connectivity index (χ2v) is 4.35. The van der Waals surface area contributed by atoms with Gasteiger partial charge in [-0.25, -0.2) is 13.6 Å². The van der Waals surface area contributed by atoms with Crippen molar-refractivity contribution in [1.29, 1.82) is 0 Å². The van der Waals surface area contributed by atoms with Gasteiger partial charge >= 0.3 is 5.97 Å². The van der Waals surface area contributed by atoms with Gasteiger partial charge in [-0.05, 0) is 12.1 Å². The molecule has 0 saturated heterocycles. The van der Waals surface area contributed by atoms with Crippen LogP contribution in [-0.4, -0.2) is 11.1 Å². The number of halogens is 2. The Morgan fingerprint density at radius 1 is 1.33 bits per heavy atom. The van der Waals surface area contributed by atoms with Crippen molar-refractivity contribution >= 4 is 17.3 Å². The molecule has 0 amide bonds. The van der Waals surface area contributed by atoms with Crippen molar-refractivity contribution in [1.82, 2.24) is 0 Å². The average Bonchev–Trinajstić information content (AvgIpc) is 2.77. The van der Waals surface area contributed by atoms with E-state index < -0.39 is 17.6 Å². The molecule has 0 fully saturated rings. The first kappa shape index (κ1) is 12.5. The molecule has 0 radical (unpaired) electrons. The topological polar surface area (TPSA) is 46.5 Å². The molecular weight excluding hydrogens is 262 g/mol. The lowest BCUT2D eigenvalue weighted by Gasteiger charge is -2.05. The molecule has 0 spiro atoms. The molecule has 0 saturated carbocycles. The first-order valence-corrected chi connectivity index (χ1v) is 5.83. The molecule has 0 bridgehead atoms. The zero-order valence-electron chi connectivity index (χ0n) is 9.02. The lowest BCUT2D eigenvalue weighted by atomic mass is 10.2. The van der Waals surface area contributed by atoms with E-state index in [2.05, 4.69) is 0 Å². The lowest BCUT2D eigenvalue weighted by molar-refractivity contribution is 0.0702. The largest absolute Gasteiger partial charge is 0.488 e. The maximum absolute atomic E-state index is 13.3. The zero-order chi connectivity index (χ0) is 13.1. The minimum atomic E-state index is -1.06. The number of hydrogen-bond donors (Lipinski definition) is 1. The smallest absolute Gasteiger partial charge is 0.346 e. The molecule has 0 atom stereocenters. The second-order valence-electron chi connectivity index (χ2n) is 3.44. The molecular formula is C12H8F2O3S. The van der Waals surface area contributed by atoms with Crippen LogP contribution >= 0.6 is 11.3 Å². The first-order valence-electron chi connectivity index (χ1n) is 4.95. The maximum atomic E-state index is 13.3. The van der Waals surface area contributed by atoms with Gasteiger partial charge in [0.05, 0.1) is 5.56 Å². The van der Waals surface area contributed by atoms with E-state index in [-0.39, 0.29) is 22.8 Å². The minimum absolute atomic E-state index is 0.110. The quantitative estimate of drug-likeness (QED) is 0.927. The normalized spacial score (nSPS) is 10.3. The van der Waals surface area contributed by atoms with Gasteiger partial charge in [-0.3, -0.25) is 0 Å². The number of rotatable bonds is 4. The SMILES string of the molecule is O=C(O)c1cc(OCc2c(F)cccc2F)cs1. The molecule has 1 heterocycles. The molecule has 0 aliphatic carbocycles. The van der Waals surface area contributed by atoms with E-state index >= 15 is 0 Å². The lowest BCUT2D eigenvalue weighted by Crippen LogP contribution is -2.01. The molecule has 1 aromatic heterocycles. The summed E-state index contributed by atoms with van der Waals surface area (Å²) in [6.45, 7) is -0.283. The predicted molar refractivity (Wildman–Crippen MR) is 62.0 cm³/mol. The van der Waals surface area contributed by atoms with E-state index in [4.69, 9.17) is 9.84 Å². The molecule has 2 aromatic rings. The van der Waals surface area contributed by atoms with Crippen LogP contribution in [0.1, 0.15) is 15.2 Å². The summed E-state index contributed by atoms with van der Waals surface area (Å²) in [5.41, 5.74) is -0.180. The molecule has 0 aliphatic heterocycles. The molecule has 94 valence electrons. The third kappa shape index (κ3) is 2.65. The van der Waals surface area contributed by atoms with E-state index in [0.29, 0.717) is 0 Å². The van der Waals surface area contributed by atoms with Gasteiger partial charge in [-0.1, -0.05) is 6.07 Å². The number of carboxylic acid groups (broad SMARTS) is 1. The van der Waals surface area contributed by atoms with Crippen LogP contribution in [-0.2, 0) is 6.61 Å². The van der Waals surface area contributed by atoms with Crippen molar-refractivity contribution in [2.24, 2.45) is 0 Å². The molecule has 0 unspecified atom stereocenters.